The molecule has 0 spiro atoms. The lowest BCUT2D eigenvalue weighted by Gasteiger charge is -2.26. The van der Waals surface area contributed by atoms with Crippen LogP contribution >= 0.6 is 0 Å². The van der Waals surface area contributed by atoms with Crippen LogP contribution in [0, 0.1) is 5.92 Å². The van der Waals surface area contributed by atoms with Gasteiger partial charge in [-0.2, -0.15) is 0 Å². The Balaban J connectivity index is 1.86. The van der Waals surface area contributed by atoms with Gasteiger partial charge >= 0.3 is 0 Å². The van der Waals surface area contributed by atoms with Crippen LogP contribution in [0.25, 0.3) is 11.0 Å². The highest BCUT2D eigenvalue weighted by atomic mass is 16.2. The number of amides is 1. The molecule has 106 valence electrons. The Morgan fingerprint density at radius 3 is 2.85 bits per heavy atom. The molecule has 3 rings (SSSR count). The van der Waals surface area contributed by atoms with Crippen LogP contribution in [0.2, 0.25) is 0 Å². The number of fused-ring (bicyclic) bond motifs is 1. The van der Waals surface area contributed by atoms with Crippen LogP contribution in [0.15, 0.2) is 24.3 Å². The van der Waals surface area contributed by atoms with E-state index in [0.29, 0.717) is 0 Å². The number of nitrogens with zero attached hydrogens (tertiary/aromatic N) is 2. The summed E-state index contributed by atoms with van der Waals surface area (Å²) >= 11 is 0. The van der Waals surface area contributed by atoms with E-state index in [1.54, 1.807) is 0 Å². The number of aryl methyl sites for hydroxylation is 1. The van der Waals surface area contributed by atoms with Gasteiger partial charge in [0.2, 0.25) is 5.91 Å². The smallest absolute Gasteiger partial charge is 0.223 e. The second-order valence-electron chi connectivity index (χ2n) is 5.56. The number of nitrogens with one attached hydrogen (secondary N) is 1. The lowest BCUT2D eigenvalue weighted by molar-refractivity contribution is -0.128. The molecule has 1 atom stereocenters. The number of hydrogen-bond donors (Lipinski definition) is 1. The third-order valence-corrected chi connectivity index (χ3v) is 4.22. The van der Waals surface area contributed by atoms with Crippen molar-refractivity contribution in [2.75, 3.05) is 0 Å². The summed E-state index contributed by atoms with van der Waals surface area (Å²) in [6, 6.07) is 8.07. The number of carbonyl (C=O) groups excluding carboxylic acids is 1. The van der Waals surface area contributed by atoms with Gasteiger partial charge in [0, 0.05) is 12.5 Å². The molecule has 4 nitrogen and oxygen atoms in total. The Labute approximate surface area is 119 Å². The molecule has 1 aromatic heterocycles. The molecule has 0 saturated heterocycles. The van der Waals surface area contributed by atoms with Crippen molar-refractivity contribution in [3.63, 3.8) is 0 Å². The zero-order valence-electron chi connectivity index (χ0n) is 12.1. The first-order chi connectivity index (χ1) is 9.70. The Morgan fingerprint density at radius 1 is 1.45 bits per heavy atom. The summed E-state index contributed by atoms with van der Waals surface area (Å²) in [4.78, 5) is 16.8. The van der Waals surface area contributed by atoms with E-state index in [0.717, 1.165) is 36.2 Å². The fraction of sp³-hybridized carbons (Fsp3) is 0.500. The summed E-state index contributed by atoms with van der Waals surface area (Å²) in [5.41, 5.74) is 2.13. The van der Waals surface area contributed by atoms with Crippen LogP contribution in [-0.2, 0) is 11.3 Å². The molecule has 1 heterocycles. The Morgan fingerprint density at radius 2 is 2.20 bits per heavy atom. The molecule has 1 amide bonds. The number of aromatic nitrogens is 2. The van der Waals surface area contributed by atoms with Crippen molar-refractivity contribution in [1.29, 1.82) is 0 Å². The summed E-state index contributed by atoms with van der Waals surface area (Å²) in [5.74, 6) is 1.34. The molecule has 1 aliphatic carbocycles. The van der Waals surface area contributed by atoms with Gasteiger partial charge in [0.25, 0.3) is 0 Å². The van der Waals surface area contributed by atoms with E-state index in [9.17, 15) is 4.79 Å². The number of imidazole rings is 1. The molecule has 4 heteroatoms. The molecule has 0 aliphatic heterocycles. The van der Waals surface area contributed by atoms with E-state index in [1.165, 1.54) is 6.42 Å². The molecule has 1 saturated carbocycles. The number of hydrogen-bond acceptors (Lipinski definition) is 2. The van der Waals surface area contributed by atoms with Crippen LogP contribution in [0.3, 0.4) is 0 Å². The highest BCUT2D eigenvalue weighted by Gasteiger charge is 2.27. The highest BCUT2D eigenvalue weighted by Crippen LogP contribution is 2.27. The van der Waals surface area contributed by atoms with E-state index in [-0.39, 0.29) is 17.9 Å². The van der Waals surface area contributed by atoms with Gasteiger partial charge in [-0.15, -0.1) is 0 Å². The Kier molecular flexibility index (Phi) is 3.47. The topological polar surface area (TPSA) is 46.9 Å². The van der Waals surface area contributed by atoms with Crippen molar-refractivity contribution in [2.45, 2.75) is 45.7 Å². The third-order valence-electron chi connectivity index (χ3n) is 4.22. The summed E-state index contributed by atoms with van der Waals surface area (Å²) in [6.45, 7) is 4.99. The molecular formula is C16H21N3O. The first kappa shape index (κ1) is 13.2. The maximum atomic E-state index is 12.1. The fourth-order valence-electron chi connectivity index (χ4n) is 2.82. The van der Waals surface area contributed by atoms with Crippen LogP contribution in [0.1, 0.15) is 45.0 Å². The second kappa shape index (κ2) is 5.27. The molecule has 1 N–H and O–H groups in total. The molecule has 1 aliphatic rings. The van der Waals surface area contributed by atoms with Gasteiger partial charge in [-0.05, 0) is 38.8 Å². The van der Waals surface area contributed by atoms with E-state index >= 15 is 0 Å². The molecule has 0 bridgehead atoms. The second-order valence-corrected chi connectivity index (χ2v) is 5.56. The number of rotatable bonds is 4. The van der Waals surface area contributed by atoms with Crippen molar-refractivity contribution in [2.24, 2.45) is 5.92 Å². The van der Waals surface area contributed by atoms with Gasteiger partial charge in [0.1, 0.15) is 5.82 Å². The average Bonchev–Trinajstić information content (AvgIpc) is 2.74. The van der Waals surface area contributed by atoms with Crippen molar-refractivity contribution in [3.05, 3.63) is 30.1 Å². The SMILES string of the molecule is CCn1c([C@H](C)NC(=O)C2CCC2)nc2ccccc21. The molecule has 1 fully saturated rings. The normalized spacial score (nSPS) is 16.9. The maximum Gasteiger partial charge on any atom is 0.223 e. The van der Waals surface area contributed by atoms with Gasteiger partial charge in [-0.1, -0.05) is 18.6 Å². The summed E-state index contributed by atoms with van der Waals surface area (Å²) in [7, 11) is 0. The molecule has 0 radical (unpaired) electrons. The van der Waals surface area contributed by atoms with Crippen LogP contribution in [0.4, 0.5) is 0 Å². The van der Waals surface area contributed by atoms with E-state index in [4.69, 9.17) is 0 Å². The van der Waals surface area contributed by atoms with Crippen molar-refractivity contribution >= 4 is 16.9 Å². The van der Waals surface area contributed by atoms with Gasteiger partial charge in [0.15, 0.2) is 0 Å². The quantitative estimate of drug-likeness (QED) is 0.929. The zero-order chi connectivity index (χ0) is 14.1. The highest BCUT2D eigenvalue weighted by molar-refractivity contribution is 5.80. The first-order valence-electron chi connectivity index (χ1n) is 7.46. The summed E-state index contributed by atoms with van der Waals surface area (Å²) < 4.78 is 2.18. The number of para-hydroxylation sites is 2. The maximum absolute atomic E-state index is 12.1. The van der Waals surface area contributed by atoms with Crippen molar-refractivity contribution in [3.8, 4) is 0 Å². The predicted molar refractivity (Wildman–Crippen MR) is 79.3 cm³/mol. The average molecular weight is 271 g/mol. The van der Waals surface area contributed by atoms with Gasteiger partial charge in [-0.3, -0.25) is 4.79 Å². The summed E-state index contributed by atoms with van der Waals surface area (Å²) in [5, 5.41) is 3.11. The minimum Gasteiger partial charge on any atom is -0.346 e. The molecule has 0 unspecified atom stereocenters. The predicted octanol–water partition coefficient (Wildman–Crippen LogP) is 3.03. The van der Waals surface area contributed by atoms with Crippen LogP contribution in [-0.4, -0.2) is 15.5 Å². The van der Waals surface area contributed by atoms with Gasteiger partial charge < -0.3 is 9.88 Å². The van der Waals surface area contributed by atoms with Crippen LogP contribution < -0.4 is 5.32 Å². The first-order valence-corrected chi connectivity index (χ1v) is 7.46. The van der Waals surface area contributed by atoms with Gasteiger partial charge in [0.05, 0.1) is 17.1 Å². The summed E-state index contributed by atoms with van der Waals surface area (Å²) in [6.07, 6.45) is 3.24. The van der Waals surface area contributed by atoms with Crippen molar-refractivity contribution < 1.29 is 4.79 Å². The van der Waals surface area contributed by atoms with E-state index in [2.05, 4.69) is 27.9 Å². The molecule has 2 aromatic rings. The monoisotopic (exact) mass is 271 g/mol. The van der Waals surface area contributed by atoms with E-state index in [1.807, 2.05) is 25.1 Å². The largest absolute Gasteiger partial charge is 0.346 e. The lowest BCUT2D eigenvalue weighted by Crippen LogP contribution is -2.36. The Bertz CT molecular complexity index is 628. The minimum absolute atomic E-state index is 0.0459. The molecule has 1 aromatic carbocycles. The number of carbonyl (C=O) groups is 1. The number of benzene rings is 1. The fourth-order valence-corrected chi connectivity index (χ4v) is 2.82. The minimum atomic E-state index is -0.0459. The van der Waals surface area contributed by atoms with Crippen molar-refractivity contribution in [1.82, 2.24) is 14.9 Å². The third kappa shape index (κ3) is 2.19. The zero-order valence-corrected chi connectivity index (χ0v) is 12.1. The van der Waals surface area contributed by atoms with E-state index < -0.39 is 0 Å². The lowest BCUT2D eigenvalue weighted by atomic mass is 9.84. The standard InChI is InChI=1S/C16H21N3O/c1-3-19-14-10-5-4-9-13(14)18-15(19)11(2)17-16(20)12-7-6-8-12/h4-5,9-12H,3,6-8H2,1-2H3,(H,17,20)/t11-/m0/s1. The molecular weight excluding hydrogens is 250 g/mol. The van der Waals surface area contributed by atoms with Crippen LogP contribution in [0.5, 0.6) is 0 Å². The van der Waals surface area contributed by atoms with Gasteiger partial charge in [-0.25, -0.2) is 4.98 Å². The molecule has 20 heavy (non-hydrogen) atoms. The Hall–Kier alpha value is -1.84.